The lowest BCUT2D eigenvalue weighted by Crippen LogP contribution is -2.55. The summed E-state index contributed by atoms with van der Waals surface area (Å²) < 4.78 is 24.4. The first-order valence-corrected chi connectivity index (χ1v) is 9.34. The predicted molar refractivity (Wildman–Crippen MR) is 80.9 cm³/mol. The zero-order chi connectivity index (χ0) is 15.7. The zero-order valence-corrected chi connectivity index (χ0v) is 13.4. The van der Waals surface area contributed by atoms with Gasteiger partial charge in [0.1, 0.15) is 0 Å². The molecule has 21 heavy (non-hydrogen) atoms. The van der Waals surface area contributed by atoms with E-state index < -0.39 is 21.5 Å². The third-order valence-electron chi connectivity index (χ3n) is 4.92. The van der Waals surface area contributed by atoms with Crippen LogP contribution < -0.4 is 11.5 Å². The Morgan fingerprint density at radius 2 is 1.90 bits per heavy atom. The van der Waals surface area contributed by atoms with Crippen molar-refractivity contribution in [2.24, 2.45) is 17.4 Å². The first-order chi connectivity index (χ1) is 9.73. The normalized spacial score (nSPS) is 32.4. The van der Waals surface area contributed by atoms with E-state index in [1.165, 1.54) is 10.6 Å². The van der Waals surface area contributed by atoms with Gasteiger partial charge in [-0.25, -0.2) is 8.42 Å². The highest BCUT2D eigenvalue weighted by molar-refractivity contribution is 7.88. The molecule has 1 saturated carbocycles. The summed E-state index contributed by atoms with van der Waals surface area (Å²) in [4.78, 5) is 13.8. The molecule has 2 fully saturated rings. The van der Waals surface area contributed by atoms with Crippen molar-refractivity contribution in [3.63, 3.8) is 0 Å². The monoisotopic (exact) mass is 318 g/mol. The summed E-state index contributed by atoms with van der Waals surface area (Å²) in [6.07, 6.45) is 4.67. The summed E-state index contributed by atoms with van der Waals surface area (Å²) in [5.41, 5.74) is 10.8. The molecule has 2 rings (SSSR count). The molecule has 8 heteroatoms. The summed E-state index contributed by atoms with van der Waals surface area (Å²) in [6, 6.07) is 0. The molecule has 0 aromatic heterocycles. The van der Waals surface area contributed by atoms with E-state index in [9.17, 15) is 13.2 Å². The van der Waals surface area contributed by atoms with Crippen molar-refractivity contribution < 1.29 is 13.2 Å². The summed E-state index contributed by atoms with van der Waals surface area (Å²) in [6.45, 7) is 3.37. The Morgan fingerprint density at radius 1 is 1.29 bits per heavy atom. The number of hydrogen-bond donors (Lipinski definition) is 2. The molecular weight excluding hydrogens is 292 g/mol. The number of rotatable bonds is 5. The van der Waals surface area contributed by atoms with Crippen LogP contribution in [0.3, 0.4) is 0 Å². The Balaban J connectivity index is 1.81. The van der Waals surface area contributed by atoms with E-state index >= 15 is 0 Å². The third kappa shape index (κ3) is 3.74. The molecule has 0 aromatic carbocycles. The number of nitrogens with zero attached hydrogens (tertiary/aromatic N) is 2. The van der Waals surface area contributed by atoms with Gasteiger partial charge < -0.3 is 16.4 Å². The van der Waals surface area contributed by atoms with E-state index in [1.54, 1.807) is 0 Å². The second-order valence-electron chi connectivity index (χ2n) is 6.29. The molecule has 1 heterocycles. The van der Waals surface area contributed by atoms with E-state index in [2.05, 4.69) is 4.90 Å². The number of sulfonamides is 1. The highest BCUT2D eigenvalue weighted by Crippen LogP contribution is 2.36. The number of amides is 1. The van der Waals surface area contributed by atoms with E-state index in [-0.39, 0.29) is 5.92 Å². The largest absolute Gasteiger partial charge is 0.368 e. The molecule has 2 atom stereocenters. The topological polar surface area (TPSA) is 110 Å². The van der Waals surface area contributed by atoms with Crippen molar-refractivity contribution in [3.8, 4) is 0 Å². The van der Waals surface area contributed by atoms with Crippen LogP contribution in [0.25, 0.3) is 0 Å². The van der Waals surface area contributed by atoms with Gasteiger partial charge in [-0.2, -0.15) is 4.31 Å². The van der Waals surface area contributed by atoms with Crippen LogP contribution in [0, 0.1) is 5.92 Å². The molecule has 2 unspecified atom stereocenters. The summed E-state index contributed by atoms with van der Waals surface area (Å²) in [7, 11) is -3.08. The number of piperazine rings is 1. The van der Waals surface area contributed by atoms with Crippen LogP contribution in [0.15, 0.2) is 0 Å². The predicted octanol–water partition coefficient (Wildman–Crippen LogP) is -1.06. The van der Waals surface area contributed by atoms with Gasteiger partial charge in [-0.1, -0.05) is 6.42 Å². The van der Waals surface area contributed by atoms with Gasteiger partial charge in [0, 0.05) is 26.2 Å². The minimum absolute atomic E-state index is 0.142. The van der Waals surface area contributed by atoms with Crippen molar-refractivity contribution >= 4 is 15.9 Å². The Morgan fingerprint density at radius 3 is 2.43 bits per heavy atom. The highest BCUT2D eigenvalue weighted by Gasteiger charge is 2.44. The maximum Gasteiger partial charge on any atom is 0.237 e. The second kappa shape index (κ2) is 6.20. The molecule has 0 bridgehead atoms. The second-order valence-corrected chi connectivity index (χ2v) is 8.27. The minimum Gasteiger partial charge on any atom is -0.368 e. The van der Waals surface area contributed by atoms with Gasteiger partial charge in [0.2, 0.25) is 15.9 Å². The Kier molecular flexibility index (Phi) is 4.92. The van der Waals surface area contributed by atoms with Crippen LogP contribution >= 0.6 is 0 Å². The molecule has 122 valence electrons. The SMILES string of the molecule is CS(=O)(=O)N1CCN(CCC2CCCC2(N)C(N)=O)CC1. The molecule has 0 spiro atoms. The van der Waals surface area contributed by atoms with Crippen molar-refractivity contribution in [1.82, 2.24) is 9.21 Å². The van der Waals surface area contributed by atoms with Crippen LogP contribution in [-0.4, -0.2) is 68.0 Å². The van der Waals surface area contributed by atoms with Crippen molar-refractivity contribution in [3.05, 3.63) is 0 Å². The molecule has 0 radical (unpaired) electrons. The average molecular weight is 318 g/mol. The first kappa shape index (κ1) is 16.7. The fourth-order valence-electron chi connectivity index (χ4n) is 3.45. The van der Waals surface area contributed by atoms with Gasteiger partial charge in [-0.15, -0.1) is 0 Å². The van der Waals surface area contributed by atoms with Gasteiger partial charge in [0.25, 0.3) is 0 Å². The summed E-state index contributed by atoms with van der Waals surface area (Å²) in [5, 5.41) is 0. The number of nitrogens with two attached hydrogens (primary N) is 2. The van der Waals surface area contributed by atoms with Crippen LogP contribution in [0.4, 0.5) is 0 Å². The van der Waals surface area contributed by atoms with Crippen LogP contribution in [0.5, 0.6) is 0 Å². The maximum atomic E-state index is 11.5. The Labute approximate surface area is 126 Å². The summed E-state index contributed by atoms with van der Waals surface area (Å²) >= 11 is 0. The Bertz CT molecular complexity index is 488. The van der Waals surface area contributed by atoms with Gasteiger partial charge in [-0.3, -0.25) is 4.79 Å². The molecule has 1 amide bonds. The van der Waals surface area contributed by atoms with Crippen LogP contribution in [0.2, 0.25) is 0 Å². The van der Waals surface area contributed by atoms with Gasteiger partial charge >= 0.3 is 0 Å². The molecule has 0 aromatic rings. The molecule has 1 aliphatic heterocycles. The summed E-state index contributed by atoms with van der Waals surface area (Å²) in [5.74, 6) is -0.255. The van der Waals surface area contributed by atoms with Crippen LogP contribution in [0.1, 0.15) is 25.7 Å². The Hall–Kier alpha value is -0.700. The van der Waals surface area contributed by atoms with Gasteiger partial charge in [0.05, 0.1) is 11.8 Å². The minimum atomic E-state index is -3.08. The van der Waals surface area contributed by atoms with Crippen molar-refractivity contribution in [2.45, 2.75) is 31.2 Å². The van der Waals surface area contributed by atoms with E-state index in [1.807, 2.05) is 0 Å². The van der Waals surface area contributed by atoms with Gasteiger partial charge in [0.15, 0.2) is 0 Å². The van der Waals surface area contributed by atoms with Crippen molar-refractivity contribution in [1.29, 1.82) is 0 Å². The number of carbonyl (C=O) groups is 1. The lowest BCUT2D eigenvalue weighted by molar-refractivity contribution is -0.124. The third-order valence-corrected chi connectivity index (χ3v) is 6.23. The van der Waals surface area contributed by atoms with E-state index in [4.69, 9.17) is 11.5 Å². The molecule has 2 aliphatic rings. The maximum absolute atomic E-state index is 11.5. The molecule has 7 nitrogen and oxygen atoms in total. The highest BCUT2D eigenvalue weighted by atomic mass is 32.2. The smallest absolute Gasteiger partial charge is 0.237 e. The standard InChI is InChI=1S/C13H26N4O3S/c1-21(19,20)17-9-7-16(8-10-17)6-4-11-3-2-5-13(11,15)12(14)18/h11H,2-10,15H2,1H3,(H2,14,18). The van der Waals surface area contributed by atoms with Crippen molar-refractivity contribution in [2.75, 3.05) is 39.0 Å². The zero-order valence-electron chi connectivity index (χ0n) is 12.6. The lowest BCUT2D eigenvalue weighted by Gasteiger charge is -2.35. The number of primary amides is 1. The molecule has 1 aliphatic carbocycles. The number of hydrogen-bond acceptors (Lipinski definition) is 5. The molecule has 4 N–H and O–H groups in total. The van der Waals surface area contributed by atoms with E-state index in [0.29, 0.717) is 19.5 Å². The first-order valence-electron chi connectivity index (χ1n) is 7.50. The van der Waals surface area contributed by atoms with Gasteiger partial charge in [-0.05, 0) is 31.7 Å². The fourth-order valence-corrected chi connectivity index (χ4v) is 4.28. The quantitative estimate of drug-likeness (QED) is 0.671. The fraction of sp³-hybridized carbons (Fsp3) is 0.923. The molecular formula is C13H26N4O3S. The molecule has 1 saturated heterocycles. The average Bonchev–Trinajstić information content (AvgIpc) is 2.79. The van der Waals surface area contributed by atoms with Crippen LogP contribution in [-0.2, 0) is 14.8 Å². The lowest BCUT2D eigenvalue weighted by atomic mass is 9.85. The van der Waals surface area contributed by atoms with E-state index in [0.717, 1.165) is 38.9 Å². The number of carbonyl (C=O) groups excluding carboxylic acids is 1.